The molecule has 0 heterocycles. The van der Waals surface area contributed by atoms with Crippen LogP contribution in [0.1, 0.15) is 0 Å². The van der Waals surface area contributed by atoms with Gasteiger partial charge in [0.2, 0.25) is 0 Å². The third-order valence-electron chi connectivity index (χ3n) is 0.333. The molecule has 0 fully saturated rings. The Morgan fingerprint density at radius 3 is 1.55 bits per heavy atom. The molecule has 0 aliphatic carbocycles. The predicted molar refractivity (Wildman–Crippen MR) is 29.3 cm³/mol. The SMILES string of the molecule is C=CCN.O=C([O-])C(=O)[O-].[Ag+2]. The van der Waals surface area contributed by atoms with Crippen LogP contribution in [0.15, 0.2) is 12.7 Å². The van der Waals surface area contributed by atoms with E-state index in [1.54, 1.807) is 6.08 Å². The summed E-state index contributed by atoms with van der Waals surface area (Å²) in [7, 11) is 0. The van der Waals surface area contributed by atoms with E-state index >= 15 is 0 Å². The van der Waals surface area contributed by atoms with Gasteiger partial charge in [-0.15, -0.1) is 6.58 Å². The Morgan fingerprint density at radius 2 is 1.55 bits per heavy atom. The van der Waals surface area contributed by atoms with Crippen molar-refractivity contribution in [1.82, 2.24) is 0 Å². The smallest absolute Gasteiger partial charge is 0.543 e. The number of rotatable bonds is 1. The normalized spacial score (nSPS) is 6.27. The summed E-state index contributed by atoms with van der Waals surface area (Å²) < 4.78 is 0. The van der Waals surface area contributed by atoms with Crippen LogP contribution in [0.5, 0.6) is 0 Å². The number of carboxylic acids is 2. The molecule has 0 spiro atoms. The third kappa shape index (κ3) is 26.6. The second kappa shape index (κ2) is 12.1. The molecular formula is C5H7AgNO4. The fraction of sp³-hybridized carbons (Fsp3) is 0.200. The van der Waals surface area contributed by atoms with Gasteiger partial charge >= 0.3 is 22.4 Å². The zero-order chi connectivity index (χ0) is 8.57. The molecule has 11 heavy (non-hydrogen) atoms. The largest absolute Gasteiger partial charge is 2.00 e. The summed E-state index contributed by atoms with van der Waals surface area (Å²) in [4.78, 5) is 17.9. The maximum absolute atomic E-state index is 8.93. The molecule has 0 bridgehead atoms. The molecule has 1 radical (unpaired) electrons. The number of hydrogen-bond acceptors (Lipinski definition) is 5. The number of carboxylic acid groups (broad SMARTS) is 2. The molecule has 0 amide bonds. The van der Waals surface area contributed by atoms with Crippen molar-refractivity contribution in [2.45, 2.75) is 0 Å². The first kappa shape index (κ1) is 16.8. The molecule has 0 atom stereocenters. The molecule has 0 unspecified atom stereocenters. The fourth-order valence-corrected chi connectivity index (χ4v) is 0. The summed E-state index contributed by atoms with van der Waals surface area (Å²) >= 11 is 0. The van der Waals surface area contributed by atoms with Gasteiger partial charge in [0.15, 0.2) is 0 Å². The number of aliphatic carboxylic acids is 2. The minimum atomic E-state index is -2.19. The molecule has 0 saturated carbocycles. The first-order chi connectivity index (χ1) is 4.56. The summed E-state index contributed by atoms with van der Waals surface area (Å²) in [5.41, 5.74) is 4.91. The van der Waals surface area contributed by atoms with E-state index < -0.39 is 11.9 Å². The third-order valence-corrected chi connectivity index (χ3v) is 0.333. The van der Waals surface area contributed by atoms with Crippen LogP contribution in [0.4, 0.5) is 0 Å². The molecule has 0 aromatic heterocycles. The number of carbonyl (C=O) groups is 2. The summed E-state index contributed by atoms with van der Waals surface area (Å²) in [6.45, 7) is 3.94. The van der Waals surface area contributed by atoms with Gasteiger partial charge in [-0.2, -0.15) is 0 Å². The maximum Gasteiger partial charge on any atom is 2.00 e. The molecule has 67 valence electrons. The Bertz CT molecular complexity index is 124. The Balaban J connectivity index is -0.000000114. The minimum Gasteiger partial charge on any atom is -0.543 e. The average molecular weight is 253 g/mol. The first-order valence-corrected chi connectivity index (χ1v) is 2.29. The fourth-order valence-electron chi connectivity index (χ4n) is 0. The molecular weight excluding hydrogens is 246 g/mol. The van der Waals surface area contributed by atoms with E-state index in [1.807, 2.05) is 0 Å². The van der Waals surface area contributed by atoms with Crippen LogP contribution in [0.25, 0.3) is 0 Å². The van der Waals surface area contributed by atoms with E-state index in [9.17, 15) is 0 Å². The van der Waals surface area contributed by atoms with Crippen LogP contribution in [0, 0.1) is 0 Å². The average Bonchev–Trinajstić information content (AvgIpc) is 1.89. The number of nitrogens with two attached hydrogens (primary N) is 1. The van der Waals surface area contributed by atoms with Crippen LogP contribution >= 0.6 is 0 Å². The van der Waals surface area contributed by atoms with E-state index in [0.29, 0.717) is 6.54 Å². The maximum atomic E-state index is 8.93. The summed E-state index contributed by atoms with van der Waals surface area (Å²) in [6, 6.07) is 0. The molecule has 5 nitrogen and oxygen atoms in total. The monoisotopic (exact) mass is 252 g/mol. The Kier molecular flexibility index (Phi) is 18.4. The van der Waals surface area contributed by atoms with Crippen molar-refractivity contribution in [3.05, 3.63) is 12.7 Å². The van der Waals surface area contributed by atoms with Crippen molar-refractivity contribution in [2.75, 3.05) is 6.54 Å². The van der Waals surface area contributed by atoms with E-state index in [4.69, 9.17) is 25.5 Å². The van der Waals surface area contributed by atoms with E-state index in [0.717, 1.165) is 0 Å². The summed E-state index contributed by atoms with van der Waals surface area (Å²) in [5.74, 6) is -4.37. The van der Waals surface area contributed by atoms with Crippen molar-refractivity contribution in [1.29, 1.82) is 0 Å². The van der Waals surface area contributed by atoms with Gasteiger partial charge in [-0.1, -0.05) is 6.08 Å². The van der Waals surface area contributed by atoms with Crippen molar-refractivity contribution in [3.63, 3.8) is 0 Å². The van der Waals surface area contributed by atoms with Gasteiger partial charge in [0, 0.05) is 6.54 Å². The van der Waals surface area contributed by atoms with E-state index in [-0.39, 0.29) is 22.4 Å². The molecule has 0 aliphatic rings. The Morgan fingerprint density at radius 1 is 1.36 bits per heavy atom. The van der Waals surface area contributed by atoms with Crippen LogP contribution < -0.4 is 15.9 Å². The molecule has 0 saturated heterocycles. The number of hydrogen-bond donors (Lipinski definition) is 1. The Labute approximate surface area is 79.4 Å². The minimum absolute atomic E-state index is 0. The van der Waals surface area contributed by atoms with Crippen molar-refractivity contribution >= 4 is 11.9 Å². The zero-order valence-electron chi connectivity index (χ0n) is 5.50. The second-order valence-electron chi connectivity index (χ2n) is 1.10. The number of carbonyl (C=O) groups excluding carboxylic acids is 2. The molecule has 2 N–H and O–H groups in total. The van der Waals surface area contributed by atoms with Gasteiger partial charge in [-0.3, -0.25) is 0 Å². The molecule has 0 aromatic rings. The molecule has 0 rings (SSSR count). The summed E-state index contributed by atoms with van der Waals surface area (Å²) in [5, 5.41) is 17.9. The quantitative estimate of drug-likeness (QED) is 0.298. The Hall–Kier alpha value is -0.620. The van der Waals surface area contributed by atoms with Gasteiger partial charge in [-0.25, -0.2) is 0 Å². The van der Waals surface area contributed by atoms with Crippen LogP contribution in [0.3, 0.4) is 0 Å². The van der Waals surface area contributed by atoms with Crippen molar-refractivity contribution in [3.8, 4) is 0 Å². The van der Waals surface area contributed by atoms with Crippen LogP contribution in [0.2, 0.25) is 0 Å². The first-order valence-electron chi connectivity index (χ1n) is 2.29. The topological polar surface area (TPSA) is 106 Å². The van der Waals surface area contributed by atoms with Gasteiger partial charge < -0.3 is 25.5 Å². The second-order valence-corrected chi connectivity index (χ2v) is 1.10. The van der Waals surface area contributed by atoms with Crippen molar-refractivity contribution in [2.24, 2.45) is 5.73 Å². The standard InChI is InChI=1S/C3H7N.C2H2O4.Ag/c1-2-3-4;3-1(4)2(5)6;/h2H,1,3-4H2;(H,3,4)(H,5,6);/q;;+2/p-2. The van der Waals surface area contributed by atoms with E-state index in [2.05, 4.69) is 6.58 Å². The molecule has 0 aliphatic heterocycles. The van der Waals surface area contributed by atoms with Crippen LogP contribution in [-0.2, 0) is 32.0 Å². The predicted octanol–water partition coefficient (Wildman–Crippen LogP) is -3.39. The van der Waals surface area contributed by atoms with Gasteiger partial charge in [-0.05, 0) is 0 Å². The summed E-state index contributed by atoms with van der Waals surface area (Å²) in [6.07, 6.45) is 1.65. The van der Waals surface area contributed by atoms with E-state index in [1.165, 1.54) is 0 Å². The van der Waals surface area contributed by atoms with Gasteiger partial charge in [0.1, 0.15) is 0 Å². The van der Waals surface area contributed by atoms with Crippen molar-refractivity contribution < 1.29 is 42.2 Å². The van der Waals surface area contributed by atoms with Crippen LogP contribution in [-0.4, -0.2) is 18.5 Å². The van der Waals surface area contributed by atoms with Gasteiger partial charge in [0.25, 0.3) is 0 Å². The molecule has 6 heteroatoms. The zero-order valence-corrected chi connectivity index (χ0v) is 6.99. The van der Waals surface area contributed by atoms with Gasteiger partial charge in [0.05, 0.1) is 11.9 Å². The molecule has 0 aromatic carbocycles.